The van der Waals surface area contributed by atoms with Gasteiger partial charge in [0.25, 0.3) is 0 Å². The van der Waals surface area contributed by atoms with Gasteiger partial charge in [-0.2, -0.15) is 0 Å². The van der Waals surface area contributed by atoms with Gasteiger partial charge >= 0.3 is 0 Å². The molecule has 20 heavy (non-hydrogen) atoms. The number of ether oxygens (including phenoxy) is 1. The molecule has 1 N–H and O–H groups in total. The molecule has 0 saturated heterocycles. The number of rotatable bonds is 8. The maximum atomic E-state index is 6.01. The fourth-order valence-electron chi connectivity index (χ4n) is 3.30. The molecule has 3 rings (SSSR count). The van der Waals surface area contributed by atoms with E-state index in [1.807, 2.05) is 0 Å². The molecule has 2 fully saturated rings. The van der Waals surface area contributed by atoms with Crippen molar-refractivity contribution >= 4 is 0 Å². The summed E-state index contributed by atoms with van der Waals surface area (Å²) in [4.78, 5) is 0. The largest absolute Gasteiger partial charge is 0.376 e. The summed E-state index contributed by atoms with van der Waals surface area (Å²) in [7, 11) is 0. The number of nitrogens with one attached hydrogen (secondary N) is 1. The minimum absolute atomic E-state index is 0.710. The Hall–Kier alpha value is -0.860. The van der Waals surface area contributed by atoms with Crippen molar-refractivity contribution in [3.05, 3.63) is 35.9 Å². The van der Waals surface area contributed by atoms with E-state index in [9.17, 15) is 0 Å². The lowest BCUT2D eigenvalue weighted by Gasteiger charge is -2.24. The topological polar surface area (TPSA) is 21.3 Å². The van der Waals surface area contributed by atoms with Gasteiger partial charge in [-0.3, -0.25) is 0 Å². The summed E-state index contributed by atoms with van der Waals surface area (Å²) >= 11 is 0. The molecular weight excluding hydrogens is 246 g/mol. The van der Waals surface area contributed by atoms with Crippen LogP contribution >= 0.6 is 0 Å². The number of hydrogen-bond donors (Lipinski definition) is 1. The molecule has 2 heteroatoms. The number of benzene rings is 1. The maximum absolute atomic E-state index is 6.01. The molecule has 2 saturated carbocycles. The third kappa shape index (κ3) is 4.32. The predicted molar refractivity (Wildman–Crippen MR) is 82.6 cm³/mol. The molecule has 0 bridgehead atoms. The third-order valence-corrected chi connectivity index (χ3v) is 4.76. The Morgan fingerprint density at radius 2 is 1.80 bits per heavy atom. The first kappa shape index (κ1) is 14.1. The van der Waals surface area contributed by atoms with E-state index >= 15 is 0 Å². The van der Waals surface area contributed by atoms with E-state index < -0.39 is 0 Å². The lowest BCUT2D eigenvalue weighted by Crippen LogP contribution is -2.32. The van der Waals surface area contributed by atoms with Crippen LogP contribution < -0.4 is 5.32 Å². The van der Waals surface area contributed by atoms with Gasteiger partial charge in [-0.05, 0) is 30.2 Å². The third-order valence-electron chi connectivity index (χ3n) is 4.76. The van der Waals surface area contributed by atoms with Gasteiger partial charge in [0.1, 0.15) is 0 Å². The van der Waals surface area contributed by atoms with Crippen LogP contribution in [-0.2, 0) is 11.3 Å². The van der Waals surface area contributed by atoms with Crippen molar-refractivity contribution in [2.45, 2.75) is 51.2 Å². The average Bonchev–Trinajstić information content (AvgIpc) is 3.16. The zero-order chi connectivity index (χ0) is 13.6. The summed E-state index contributed by atoms with van der Waals surface area (Å²) in [6, 6.07) is 11.3. The first-order chi connectivity index (χ1) is 9.92. The summed E-state index contributed by atoms with van der Waals surface area (Å²) in [6.45, 7) is 2.83. The first-order valence-corrected chi connectivity index (χ1v) is 8.27. The molecule has 0 radical (unpaired) electrons. The van der Waals surface area contributed by atoms with Crippen LogP contribution in [0.4, 0.5) is 0 Å². The molecule has 1 atom stereocenters. The quantitative estimate of drug-likeness (QED) is 0.778. The minimum atomic E-state index is 0.710. The van der Waals surface area contributed by atoms with Crippen LogP contribution in [0, 0.1) is 11.8 Å². The fourth-order valence-corrected chi connectivity index (χ4v) is 3.30. The second-order valence-electron chi connectivity index (χ2n) is 6.49. The van der Waals surface area contributed by atoms with Crippen LogP contribution in [0.25, 0.3) is 0 Å². The molecule has 0 heterocycles. The molecule has 0 spiro atoms. The van der Waals surface area contributed by atoms with Gasteiger partial charge in [0.15, 0.2) is 0 Å². The second kappa shape index (κ2) is 7.24. The van der Waals surface area contributed by atoms with Crippen LogP contribution in [0.2, 0.25) is 0 Å². The lowest BCUT2D eigenvalue weighted by atomic mass is 9.91. The molecule has 2 nitrogen and oxygen atoms in total. The highest BCUT2D eigenvalue weighted by molar-refractivity contribution is 5.13. The molecule has 1 aromatic carbocycles. The number of hydrogen-bond acceptors (Lipinski definition) is 2. The van der Waals surface area contributed by atoms with Crippen molar-refractivity contribution in [3.63, 3.8) is 0 Å². The van der Waals surface area contributed by atoms with Gasteiger partial charge in [0, 0.05) is 12.6 Å². The van der Waals surface area contributed by atoms with Crippen molar-refractivity contribution in [2.24, 2.45) is 11.8 Å². The average molecular weight is 273 g/mol. The molecule has 0 aromatic heterocycles. The van der Waals surface area contributed by atoms with Crippen molar-refractivity contribution in [2.75, 3.05) is 13.2 Å². The second-order valence-corrected chi connectivity index (χ2v) is 6.49. The van der Waals surface area contributed by atoms with E-state index in [-0.39, 0.29) is 0 Å². The Bertz CT molecular complexity index is 382. The molecule has 0 amide bonds. The van der Waals surface area contributed by atoms with Crippen LogP contribution in [0.15, 0.2) is 30.3 Å². The Morgan fingerprint density at radius 3 is 2.50 bits per heavy atom. The first-order valence-electron chi connectivity index (χ1n) is 8.27. The predicted octanol–water partition coefficient (Wildman–Crippen LogP) is 3.76. The normalized spacial score (nSPS) is 21.2. The van der Waals surface area contributed by atoms with Crippen LogP contribution in [-0.4, -0.2) is 19.2 Å². The van der Waals surface area contributed by atoms with E-state index in [1.54, 1.807) is 0 Å². The molecular formula is C18H27NO. The monoisotopic (exact) mass is 273 g/mol. The van der Waals surface area contributed by atoms with Crippen LogP contribution in [0.3, 0.4) is 0 Å². The minimum Gasteiger partial charge on any atom is -0.376 e. The van der Waals surface area contributed by atoms with Gasteiger partial charge in [-0.25, -0.2) is 0 Å². The van der Waals surface area contributed by atoms with Crippen LogP contribution in [0.5, 0.6) is 0 Å². The van der Waals surface area contributed by atoms with Gasteiger partial charge in [-0.1, -0.05) is 56.0 Å². The van der Waals surface area contributed by atoms with E-state index in [2.05, 4.69) is 35.6 Å². The summed E-state index contributed by atoms with van der Waals surface area (Å²) in [5.74, 6) is 1.60. The van der Waals surface area contributed by atoms with Crippen molar-refractivity contribution in [3.8, 4) is 0 Å². The Labute approximate surface area is 122 Å². The van der Waals surface area contributed by atoms with Crippen LogP contribution in [0.1, 0.15) is 44.1 Å². The Morgan fingerprint density at radius 1 is 1.05 bits per heavy atom. The Balaban J connectivity index is 1.44. The zero-order valence-electron chi connectivity index (χ0n) is 12.4. The molecule has 2 aliphatic rings. The zero-order valence-corrected chi connectivity index (χ0v) is 12.4. The smallest absolute Gasteiger partial charge is 0.0717 e. The van der Waals surface area contributed by atoms with E-state index in [1.165, 1.54) is 44.1 Å². The highest BCUT2D eigenvalue weighted by Gasteiger charge is 2.28. The van der Waals surface area contributed by atoms with Gasteiger partial charge < -0.3 is 10.1 Å². The molecule has 0 aliphatic heterocycles. The molecule has 110 valence electrons. The van der Waals surface area contributed by atoms with E-state index in [0.717, 1.165) is 31.7 Å². The van der Waals surface area contributed by atoms with E-state index in [4.69, 9.17) is 4.74 Å². The molecule has 2 aliphatic carbocycles. The molecule has 1 unspecified atom stereocenters. The van der Waals surface area contributed by atoms with Crippen molar-refractivity contribution in [1.29, 1.82) is 0 Å². The standard InChI is InChI=1S/C18H27NO/c1-2-6-15(7-3-1)13-20-14-17(12-19-18-10-11-18)16-8-4-5-9-16/h1-3,6-7,16-19H,4-5,8-14H2. The summed E-state index contributed by atoms with van der Waals surface area (Å²) in [5, 5.41) is 3.70. The summed E-state index contributed by atoms with van der Waals surface area (Å²) in [6.07, 6.45) is 8.41. The highest BCUT2D eigenvalue weighted by Crippen LogP contribution is 2.32. The van der Waals surface area contributed by atoms with E-state index in [0.29, 0.717) is 5.92 Å². The summed E-state index contributed by atoms with van der Waals surface area (Å²) < 4.78 is 6.01. The maximum Gasteiger partial charge on any atom is 0.0717 e. The fraction of sp³-hybridized carbons (Fsp3) is 0.667. The van der Waals surface area contributed by atoms with Crippen molar-refractivity contribution in [1.82, 2.24) is 5.32 Å². The SMILES string of the molecule is c1ccc(COCC(CNC2CC2)C2CCCC2)cc1. The Kier molecular flexibility index (Phi) is 5.10. The highest BCUT2D eigenvalue weighted by atomic mass is 16.5. The van der Waals surface area contributed by atoms with Crippen molar-refractivity contribution < 1.29 is 4.74 Å². The van der Waals surface area contributed by atoms with Gasteiger partial charge in [0.2, 0.25) is 0 Å². The molecule has 1 aromatic rings. The van der Waals surface area contributed by atoms with Gasteiger partial charge in [0.05, 0.1) is 13.2 Å². The summed E-state index contributed by atoms with van der Waals surface area (Å²) in [5.41, 5.74) is 1.29. The van der Waals surface area contributed by atoms with Gasteiger partial charge in [-0.15, -0.1) is 0 Å². The lowest BCUT2D eigenvalue weighted by molar-refractivity contribution is 0.0660.